The summed E-state index contributed by atoms with van der Waals surface area (Å²) < 4.78 is 19.6. The molecule has 6 heteroatoms. The van der Waals surface area contributed by atoms with E-state index in [2.05, 4.69) is 0 Å². The summed E-state index contributed by atoms with van der Waals surface area (Å²) in [5.74, 6) is -0.277. The minimum atomic E-state index is -0.486. The Morgan fingerprint density at radius 1 is 1.32 bits per heavy atom. The van der Waals surface area contributed by atoms with Gasteiger partial charge in [-0.25, -0.2) is 4.39 Å². The van der Waals surface area contributed by atoms with Crippen LogP contribution in [0.25, 0.3) is 10.4 Å². The van der Waals surface area contributed by atoms with Crippen molar-refractivity contribution >= 4 is 17.2 Å². The Morgan fingerprint density at radius 2 is 2.14 bits per heavy atom. The van der Waals surface area contributed by atoms with E-state index in [0.29, 0.717) is 28.3 Å². The predicted molar refractivity (Wildman–Crippen MR) is 108 cm³/mol. The van der Waals surface area contributed by atoms with Crippen LogP contribution in [0.15, 0.2) is 54.1 Å². The van der Waals surface area contributed by atoms with Gasteiger partial charge in [-0.05, 0) is 43.0 Å². The van der Waals surface area contributed by atoms with Crippen LogP contribution >= 0.6 is 11.3 Å². The molecule has 1 amide bonds. The molecule has 0 saturated heterocycles. The second kappa shape index (κ2) is 7.89. The van der Waals surface area contributed by atoms with Gasteiger partial charge in [-0.3, -0.25) is 4.79 Å². The summed E-state index contributed by atoms with van der Waals surface area (Å²) in [5, 5.41) is 9.83. The summed E-state index contributed by atoms with van der Waals surface area (Å²) >= 11 is 1.29. The minimum Gasteiger partial charge on any atom is -0.494 e. The Balaban J connectivity index is 1.57. The van der Waals surface area contributed by atoms with E-state index >= 15 is 0 Å². The van der Waals surface area contributed by atoms with Crippen LogP contribution in [-0.2, 0) is 0 Å². The first-order valence-electron chi connectivity index (χ1n) is 9.36. The maximum Gasteiger partial charge on any atom is 0.264 e. The molecule has 146 valence electrons. The highest BCUT2D eigenvalue weighted by Gasteiger charge is 2.34. The monoisotopic (exact) mass is 399 g/mol. The molecule has 28 heavy (non-hydrogen) atoms. The molecular formula is C22H22FNO3S. The SMILES string of the molecule is COc1cccc(-c2ccc(C(=O)N(CC3=CC(O)CC=C3)C3CC3)s2)c1F. The Labute approximate surface area is 167 Å². The maximum atomic E-state index is 14.6. The lowest BCUT2D eigenvalue weighted by Crippen LogP contribution is -2.34. The molecule has 1 atom stereocenters. The van der Waals surface area contributed by atoms with Gasteiger partial charge in [-0.2, -0.15) is 0 Å². The molecular weight excluding hydrogens is 377 g/mol. The van der Waals surface area contributed by atoms with Crippen molar-refractivity contribution in [1.29, 1.82) is 0 Å². The highest BCUT2D eigenvalue weighted by molar-refractivity contribution is 7.17. The van der Waals surface area contributed by atoms with Crippen LogP contribution in [0.5, 0.6) is 5.75 Å². The molecule has 1 N–H and O–H groups in total. The Hall–Kier alpha value is -2.44. The number of ether oxygens (including phenoxy) is 1. The standard InChI is InChI=1S/C22H22FNO3S/c1-27-18-7-3-6-17(21(18)23)19-10-11-20(28-19)22(26)24(15-8-9-15)13-14-4-2-5-16(25)12-14/h2-4,6-7,10-12,15-16,25H,5,8-9,13H2,1H3. The molecule has 0 spiro atoms. The number of hydrogen-bond donors (Lipinski definition) is 1. The van der Waals surface area contributed by atoms with Crippen molar-refractivity contribution in [2.75, 3.05) is 13.7 Å². The van der Waals surface area contributed by atoms with Gasteiger partial charge in [0.15, 0.2) is 11.6 Å². The highest BCUT2D eigenvalue weighted by atomic mass is 32.1. The number of benzene rings is 1. The Kier molecular flexibility index (Phi) is 5.33. The zero-order chi connectivity index (χ0) is 19.7. The second-order valence-corrected chi connectivity index (χ2v) is 8.18. The average Bonchev–Trinajstić information content (AvgIpc) is 3.42. The number of thiophene rings is 1. The summed E-state index contributed by atoms with van der Waals surface area (Å²) in [6.07, 6.45) is 7.84. The van der Waals surface area contributed by atoms with E-state index in [1.54, 1.807) is 30.3 Å². The van der Waals surface area contributed by atoms with E-state index in [-0.39, 0.29) is 17.7 Å². The van der Waals surface area contributed by atoms with Crippen LogP contribution in [0.1, 0.15) is 28.9 Å². The number of aliphatic hydroxyl groups is 1. The third-order valence-corrected chi connectivity index (χ3v) is 6.09. The fourth-order valence-electron chi connectivity index (χ4n) is 3.38. The third kappa shape index (κ3) is 3.88. The van der Waals surface area contributed by atoms with Crippen molar-refractivity contribution in [2.45, 2.75) is 31.4 Å². The summed E-state index contributed by atoms with van der Waals surface area (Å²) in [6.45, 7) is 0.484. The molecule has 2 aromatic rings. The van der Waals surface area contributed by atoms with E-state index in [1.165, 1.54) is 18.4 Å². The average molecular weight is 399 g/mol. The summed E-state index contributed by atoms with van der Waals surface area (Å²) in [7, 11) is 1.43. The molecule has 0 bridgehead atoms. The molecule has 2 aliphatic rings. The highest BCUT2D eigenvalue weighted by Crippen LogP contribution is 2.36. The van der Waals surface area contributed by atoms with Crippen molar-refractivity contribution in [3.05, 3.63) is 64.8 Å². The normalized spacial score (nSPS) is 18.7. The first-order chi connectivity index (χ1) is 13.6. The van der Waals surface area contributed by atoms with Gasteiger partial charge in [0.1, 0.15) is 0 Å². The van der Waals surface area contributed by atoms with E-state index in [9.17, 15) is 14.3 Å². The molecule has 1 heterocycles. The molecule has 1 fully saturated rings. The van der Waals surface area contributed by atoms with Gasteiger partial charge >= 0.3 is 0 Å². The third-order valence-electron chi connectivity index (χ3n) is 4.98. The van der Waals surface area contributed by atoms with Gasteiger partial charge in [0.25, 0.3) is 5.91 Å². The number of carbonyl (C=O) groups is 1. The second-order valence-electron chi connectivity index (χ2n) is 7.10. The van der Waals surface area contributed by atoms with Gasteiger partial charge in [-0.15, -0.1) is 11.3 Å². The smallest absolute Gasteiger partial charge is 0.264 e. The van der Waals surface area contributed by atoms with E-state index < -0.39 is 11.9 Å². The first-order valence-corrected chi connectivity index (χ1v) is 10.2. The predicted octanol–water partition coefficient (Wildman–Crippen LogP) is 4.41. The topological polar surface area (TPSA) is 49.8 Å². The number of methoxy groups -OCH3 is 1. The van der Waals surface area contributed by atoms with Gasteiger partial charge in [0.2, 0.25) is 0 Å². The zero-order valence-electron chi connectivity index (χ0n) is 15.6. The summed E-state index contributed by atoms with van der Waals surface area (Å²) in [4.78, 5) is 16.3. The molecule has 4 nitrogen and oxygen atoms in total. The molecule has 1 aromatic carbocycles. The quantitative estimate of drug-likeness (QED) is 0.783. The van der Waals surface area contributed by atoms with Crippen LogP contribution < -0.4 is 4.74 Å². The van der Waals surface area contributed by atoms with Crippen LogP contribution in [-0.4, -0.2) is 41.7 Å². The number of halogens is 1. The molecule has 1 saturated carbocycles. The number of carbonyl (C=O) groups excluding carboxylic acids is 1. The van der Waals surface area contributed by atoms with Gasteiger partial charge in [0, 0.05) is 23.0 Å². The Morgan fingerprint density at radius 3 is 2.86 bits per heavy atom. The van der Waals surface area contributed by atoms with Crippen molar-refractivity contribution in [2.24, 2.45) is 0 Å². The van der Waals surface area contributed by atoms with Crippen molar-refractivity contribution in [1.82, 2.24) is 4.90 Å². The van der Waals surface area contributed by atoms with E-state index in [0.717, 1.165) is 18.4 Å². The summed E-state index contributed by atoms with van der Waals surface area (Å²) in [5.41, 5.74) is 1.39. The van der Waals surface area contributed by atoms with Gasteiger partial charge < -0.3 is 14.7 Å². The lowest BCUT2D eigenvalue weighted by Gasteiger charge is -2.24. The van der Waals surface area contributed by atoms with Crippen LogP contribution in [0.4, 0.5) is 4.39 Å². The fourth-order valence-corrected chi connectivity index (χ4v) is 4.36. The molecule has 0 aliphatic heterocycles. The lowest BCUT2D eigenvalue weighted by atomic mass is 10.0. The molecule has 4 rings (SSSR count). The van der Waals surface area contributed by atoms with Crippen LogP contribution in [0.3, 0.4) is 0 Å². The Bertz CT molecular complexity index is 945. The minimum absolute atomic E-state index is 0.0450. The van der Waals surface area contributed by atoms with Crippen molar-refractivity contribution in [3.8, 4) is 16.2 Å². The molecule has 1 aromatic heterocycles. The summed E-state index contributed by atoms with van der Waals surface area (Å²) in [6, 6.07) is 8.78. The number of hydrogen-bond acceptors (Lipinski definition) is 4. The van der Waals surface area contributed by atoms with E-state index in [4.69, 9.17) is 4.74 Å². The van der Waals surface area contributed by atoms with Crippen LogP contribution in [0, 0.1) is 5.82 Å². The van der Waals surface area contributed by atoms with Gasteiger partial charge in [-0.1, -0.05) is 30.4 Å². The number of nitrogens with zero attached hydrogens (tertiary/aromatic N) is 1. The van der Waals surface area contributed by atoms with Gasteiger partial charge in [0.05, 0.1) is 18.1 Å². The first kappa shape index (κ1) is 18.9. The zero-order valence-corrected chi connectivity index (χ0v) is 16.4. The molecule has 2 aliphatic carbocycles. The number of amides is 1. The molecule has 0 radical (unpaired) electrons. The van der Waals surface area contributed by atoms with Crippen molar-refractivity contribution in [3.63, 3.8) is 0 Å². The largest absolute Gasteiger partial charge is 0.494 e. The number of rotatable bonds is 6. The van der Waals surface area contributed by atoms with Crippen LogP contribution in [0.2, 0.25) is 0 Å². The lowest BCUT2D eigenvalue weighted by molar-refractivity contribution is 0.0763. The van der Waals surface area contributed by atoms with Crippen molar-refractivity contribution < 1.29 is 19.0 Å². The molecule has 1 unspecified atom stereocenters. The number of aliphatic hydroxyl groups excluding tert-OH is 1. The fraction of sp³-hybridized carbons (Fsp3) is 0.318. The van der Waals surface area contributed by atoms with E-state index in [1.807, 2.05) is 23.1 Å². The maximum absolute atomic E-state index is 14.6.